The van der Waals surface area contributed by atoms with Gasteiger partial charge in [0, 0.05) is 25.7 Å². The van der Waals surface area contributed by atoms with Gasteiger partial charge >= 0.3 is 0 Å². The first-order chi connectivity index (χ1) is 12.0. The van der Waals surface area contributed by atoms with Crippen LogP contribution in [0.4, 0.5) is 5.82 Å². The van der Waals surface area contributed by atoms with E-state index in [-0.39, 0.29) is 23.4 Å². The summed E-state index contributed by atoms with van der Waals surface area (Å²) in [4.78, 5) is 27.3. The molecule has 25 heavy (non-hydrogen) atoms. The van der Waals surface area contributed by atoms with Crippen molar-refractivity contribution in [3.05, 3.63) is 17.8 Å². The van der Waals surface area contributed by atoms with Crippen LogP contribution in [0.15, 0.2) is 17.8 Å². The van der Waals surface area contributed by atoms with Crippen molar-refractivity contribution in [1.29, 1.82) is 0 Å². The molecule has 0 aliphatic carbocycles. The fraction of sp³-hybridized carbons (Fsp3) is 0.611. The maximum absolute atomic E-state index is 13.3. The second-order valence-electron chi connectivity index (χ2n) is 7.83. The third-order valence-corrected chi connectivity index (χ3v) is 6.50. The Bertz CT molecular complexity index is 789. The molecular formula is C18H25N5OS. The van der Waals surface area contributed by atoms with Crippen molar-refractivity contribution in [3.63, 3.8) is 0 Å². The summed E-state index contributed by atoms with van der Waals surface area (Å²) in [7, 11) is 0. The number of thiophene rings is 1. The van der Waals surface area contributed by atoms with E-state index < -0.39 is 0 Å². The highest BCUT2D eigenvalue weighted by Gasteiger charge is 2.40. The first kappa shape index (κ1) is 16.7. The first-order valence-corrected chi connectivity index (χ1v) is 9.84. The summed E-state index contributed by atoms with van der Waals surface area (Å²) < 4.78 is 0. The Morgan fingerprint density at radius 1 is 1.32 bits per heavy atom. The van der Waals surface area contributed by atoms with Crippen LogP contribution in [0.2, 0.25) is 0 Å². The molecule has 0 saturated carbocycles. The van der Waals surface area contributed by atoms with Gasteiger partial charge in [-0.3, -0.25) is 4.79 Å². The maximum atomic E-state index is 13.3. The smallest absolute Gasteiger partial charge is 0.245 e. The van der Waals surface area contributed by atoms with Gasteiger partial charge < -0.3 is 15.5 Å². The minimum Gasteiger partial charge on any atom is -0.344 e. The van der Waals surface area contributed by atoms with Crippen LogP contribution in [0.1, 0.15) is 33.1 Å². The zero-order valence-electron chi connectivity index (χ0n) is 14.8. The number of piperidine rings is 1. The van der Waals surface area contributed by atoms with E-state index in [1.54, 1.807) is 17.7 Å². The lowest BCUT2D eigenvalue weighted by Gasteiger charge is -2.44. The van der Waals surface area contributed by atoms with E-state index in [9.17, 15) is 4.79 Å². The second-order valence-corrected chi connectivity index (χ2v) is 8.73. The molecule has 7 heteroatoms. The van der Waals surface area contributed by atoms with Crippen molar-refractivity contribution in [2.45, 2.75) is 45.2 Å². The highest BCUT2D eigenvalue weighted by molar-refractivity contribution is 7.16. The average molecular weight is 359 g/mol. The summed E-state index contributed by atoms with van der Waals surface area (Å²) in [5.41, 5.74) is 6.20. The molecule has 2 aliphatic heterocycles. The Hall–Kier alpha value is -1.73. The highest BCUT2D eigenvalue weighted by Crippen LogP contribution is 2.34. The molecule has 4 rings (SSSR count). The van der Waals surface area contributed by atoms with Gasteiger partial charge in [-0.05, 0) is 36.1 Å². The van der Waals surface area contributed by atoms with Crippen LogP contribution in [-0.4, -0.2) is 52.5 Å². The van der Waals surface area contributed by atoms with Gasteiger partial charge in [-0.15, -0.1) is 11.3 Å². The largest absolute Gasteiger partial charge is 0.344 e. The zero-order valence-corrected chi connectivity index (χ0v) is 15.6. The number of carbonyl (C=O) groups excluding carboxylic acids is 1. The molecule has 2 fully saturated rings. The molecule has 2 unspecified atom stereocenters. The van der Waals surface area contributed by atoms with Gasteiger partial charge in [-0.1, -0.05) is 13.8 Å². The van der Waals surface area contributed by atoms with Crippen molar-refractivity contribution in [3.8, 4) is 0 Å². The summed E-state index contributed by atoms with van der Waals surface area (Å²) in [5, 5.41) is 3.08. The topological polar surface area (TPSA) is 75.4 Å². The molecule has 1 amide bonds. The van der Waals surface area contributed by atoms with Gasteiger partial charge in [-0.2, -0.15) is 0 Å². The third-order valence-electron chi connectivity index (χ3n) is 5.67. The monoisotopic (exact) mass is 359 g/mol. The molecule has 0 spiro atoms. The van der Waals surface area contributed by atoms with Crippen LogP contribution in [0.3, 0.4) is 0 Å². The number of rotatable bonds is 2. The lowest BCUT2D eigenvalue weighted by atomic mass is 9.79. The number of anilines is 1. The molecule has 4 heterocycles. The van der Waals surface area contributed by atoms with E-state index in [1.165, 1.54) is 0 Å². The molecule has 2 N–H and O–H groups in total. The molecule has 2 atom stereocenters. The fourth-order valence-corrected chi connectivity index (χ4v) is 4.78. The number of nitrogens with zero attached hydrogens (tertiary/aromatic N) is 4. The summed E-state index contributed by atoms with van der Waals surface area (Å²) in [6.45, 7) is 6.67. The zero-order chi connectivity index (χ0) is 17.6. The Morgan fingerprint density at radius 3 is 2.96 bits per heavy atom. The van der Waals surface area contributed by atoms with Gasteiger partial charge in [0.2, 0.25) is 5.91 Å². The van der Waals surface area contributed by atoms with E-state index in [0.717, 1.165) is 54.9 Å². The van der Waals surface area contributed by atoms with E-state index in [1.807, 2.05) is 10.3 Å². The highest BCUT2D eigenvalue weighted by atomic mass is 32.1. The predicted octanol–water partition coefficient (Wildman–Crippen LogP) is 2.25. The fourth-order valence-electron chi connectivity index (χ4n) is 4.06. The standard InChI is InChI=1S/C18H25N5OS/c1-18(2)10-22(8-5-14(18)19)17(24)13-4-3-7-23(13)15-12-6-9-25-16(12)21-11-20-15/h6,9,11,13-14H,3-5,7-8,10,19H2,1-2H3. The number of hydrogen-bond acceptors (Lipinski definition) is 6. The summed E-state index contributed by atoms with van der Waals surface area (Å²) in [6, 6.07) is 2.09. The predicted molar refractivity (Wildman–Crippen MR) is 101 cm³/mol. The van der Waals surface area contributed by atoms with Gasteiger partial charge in [0.25, 0.3) is 0 Å². The van der Waals surface area contributed by atoms with Crippen LogP contribution in [-0.2, 0) is 4.79 Å². The molecule has 0 radical (unpaired) electrons. The van der Waals surface area contributed by atoms with Crippen LogP contribution in [0.25, 0.3) is 10.2 Å². The number of carbonyl (C=O) groups is 1. The van der Waals surface area contributed by atoms with Gasteiger partial charge in [0.05, 0.1) is 5.39 Å². The Labute approximate surface area is 152 Å². The minimum atomic E-state index is -0.122. The molecule has 0 aromatic carbocycles. The maximum Gasteiger partial charge on any atom is 0.245 e. The lowest BCUT2D eigenvalue weighted by molar-refractivity contribution is -0.135. The number of nitrogens with two attached hydrogens (primary N) is 1. The van der Waals surface area contributed by atoms with E-state index in [0.29, 0.717) is 0 Å². The average Bonchev–Trinajstić information content (AvgIpc) is 3.24. The normalized spacial score (nSPS) is 26.4. The number of fused-ring (bicyclic) bond motifs is 1. The molecule has 0 bridgehead atoms. The quantitative estimate of drug-likeness (QED) is 0.890. The molecule has 2 aliphatic rings. The number of likely N-dealkylation sites (tertiary alicyclic amines) is 1. The van der Waals surface area contributed by atoms with Crippen molar-refractivity contribution >= 4 is 33.3 Å². The summed E-state index contributed by atoms with van der Waals surface area (Å²) in [5.74, 6) is 1.12. The van der Waals surface area contributed by atoms with Gasteiger partial charge in [0.1, 0.15) is 23.0 Å². The lowest BCUT2D eigenvalue weighted by Crippen LogP contribution is -2.57. The molecule has 2 aromatic rings. The Morgan fingerprint density at radius 2 is 2.16 bits per heavy atom. The molecular weight excluding hydrogens is 334 g/mol. The van der Waals surface area contributed by atoms with Crippen LogP contribution in [0, 0.1) is 5.41 Å². The van der Waals surface area contributed by atoms with Crippen LogP contribution < -0.4 is 10.6 Å². The van der Waals surface area contributed by atoms with Gasteiger partial charge in [-0.25, -0.2) is 9.97 Å². The number of amides is 1. The summed E-state index contributed by atoms with van der Waals surface area (Å²) >= 11 is 1.61. The Kier molecular flexibility index (Phi) is 4.16. The third kappa shape index (κ3) is 2.89. The second kappa shape index (κ2) is 6.21. The molecule has 6 nitrogen and oxygen atoms in total. The van der Waals surface area contributed by atoms with Crippen molar-refractivity contribution in [2.75, 3.05) is 24.5 Å². The molecule has 134 valence electrons. The van der Waals surface area contributed by atoms with E-state index in [4.69, 9.17) is 5.73 Å². The SMILES string of the molecule is CC1(C)CN(C(=O)C2CCCN2c2ncnc3sccc23)CCC1N. The molecule has 2 aromatic heterocycles. The van der Waals surface area contributed by atoms with Crippen molar-refractivity contribution in [1.82, 2.24) is 14.9 Å². The van der Waals surface area contributed by atoms with Gasteiger partial charge in [0.15, 0.2) is 0 Å². The van der Waals surface area contributed by atoms with Crippen LogP contribution in [0.5, 0.6) is 0 Å². The van der Waals surface area contributed by atoms with E-state index in [2.05, 4.69) is 34.8 Å². The van der Waals surface area contributed by atoms with E-state index >= 15 is 0 Å². The number of hydrogen-bond donors (Lipinski definition) is 1. The van der Waals surface area contributed by atoms with Crippen molar-refractivity contribution < 1.29 is 4.79 Å². The summed E-state index contributed by atoms with van der Waals surface area (Å²) in [6.07, 6.45) is 4.38. The van der Waals surface area contributed by atoms with Crippen molar-refractivity contribution in [2.24, 2.45) is 11.1 Å². The first-order valence-electron chi connectivity index (χ1n) is 8.96. The number of aromatic nitrogens is 2. The Balaban J connectivity index is 1.59. The molecule has 2 saturated heterocycles. The van der Waals surface area contributed by atoms with Crippen LogP contribution >= 0.6 is 11.3 Å². The minimum absolute atomic E-state index is 0.0348.